The molecule has 1 spiro atoms. The zero-order valence-electron chi connectivity index (χ0n) is 14.4. The maximum atomic E-state index is 12.7. The maximum absolute atomic E-state index is 12.7. The number of likely N-dealkylation sites (tertiary alicyclic amines) is 2. The van der Waals surface area contributed by atoms with E-state index in [1.807, 2.05) is 31.0 Å². The van der Waals surface area contributed by atoms with Gasteiger partial charge in [0.25, 0.3) is 0 Å². The van der Waals surface area contributed by atoms with E-state index in [0.29, 0.717) is 5.91 Å². The Kier molecular flexibility index (Phi) is 3.72. The van der Waals surface area contributed by atoms with E-state index < -0.39 is 0 Å². The summed E-state index contributed by atoms with van der Waals surface area (Å²) in [5.41, 5.74) is 1.06. The fourth-order valence-electron chi connectivity index (χ4n) is 4.46. The second-order valence-electron chi connectivity index (χ2n) is 7.17. The van der Waals surface area contributed by atoms with Crippen LogP contribution in [0, 0.1) is 12.3 Å². The van der Waals surface area contributed by atoms with Crippen LogP contribution in [0.15, 0.2) is 46.9 Å². The monoisotopic (exact) mass is 324 g/mol. The van der Waals surface area contributed by atoms with Crippen LogP contribution in [-0.2, 0) is 11.3 Å². The fourth-order valence-corrected chi connectivity index (χ4v) is 4.46. The third-order valence-corrected chi connectivity index (χ3v) is 5.70. The number of hydrogen-bond donors (Lipinski definition) is 0. The summed E-state index contributed by atoms with van der Waals surface area (Å²) in [5.74, 6) is 2.28. The highest BCUT2D eigenvalue weighted by atomic mass is 16.3. The zero-order chi connectivity index (χ0) is 16.7. The molecule has 4 nitrogen and oxygen atoms in total. The average Bonchev–Trinajstić information content (AvgIpc) is 3.02. The molecule has 24 heavy (non-hydrogen) atoms. The summed E-state index contributed by atoms with van der Waals surface area (Å²) in [6, 6.07) is 14.7. The summed E-state index contributed by atoms with van der Waals surface area (Å²) in [6.45, 7) is 4.71. The number of nitrogens with zero attached hydrogens (tertiary/aromatic N) is 2. The lowest BCUT2D eigenvalue weighted by Crippen LogP contribution is -2.64. The van der Waals surface area contributed by atoms with Crippen molar-refractivity contribution in [1.82, 2.24) is 9.80 Å². The second kappa shape index (κ2) is 5.78. The number of carbonyl (C=O) groups is 1. The SMILES string of the molecule is Cc1ccc(CN2CCC3(CC2)C(=O)N(C)[C@@H]3c2ccccc2)o1. The molecule has 0 aliphatic carbocycles. The number of β-lactam (4-membered cyclic amide) rings is 1. The summed E-state index contributed by atoms with van der Waals surface area (Å²) in [6.07, 6.45) is 1.85. The molecule has 0 bridgehead atoms. The molecule has 0 radical (unpaired) electrons. The molecular weight excluding hydrogens is 300 g/mol. The van der Waals surface area contributed by atoms with Gasteiger partial charge in [-0.05, 0) is 50.6 Å². The van der Waals surface area contributed by atoms with Gasteiger partial charge in [0.05, 0.1) is 18.0 Å². The predicted molar refractivity (Wildman–Crippen MR) is 92.3 cm³/mol. The lowest BCUT2D eigenvalue weighted by atomic mass is 9.62. The van der Waals surface area contributed by atoms with Gasteiger partial charge in [-0.3, -0.25) is 9.69 Å². The van der Waals surface area contributed by atoms with Crippen molar-refractivity contribution in [2.75, 3.05) is 20.1 Å². The Morgan fingerprint density at radius 1 is 1.12 bits per heavy atom. The van der Waals surface area contributed by atoms with Crippen molar-refractivity contribution >= 4 is 5.91 Å². The first-order valence-electron chi connectivity index (χ1n) is 8.70. The van der Waals surface area contributed by atoms with Crippen LogP contribution < -0.4 is 0 Å². The van der Waals surface area contributed by atoms with Crippen LogP contribution in [0.5, 0.6) is 0 Å². The molecule has 3 heterocycles. The Bertz CT molecular complexity index is 729. The van der Waals surface area contributed by atoms with Crippen LogP contribution in [0.2, 0.25) is 0 Å². The van der Waals surface area contributed by atoms with Crippen LogP contribution in [-0.4, -0.2) is 35.8 Å². The van der Waals surface area contributed by atoms with E-state index >= 15 is 0 Å². The lowest BCUT2D eigenvalue weighted by Gasteiger charge is -2.58. The van der Waals surface area contributed by atoms with Gasteiger partial charge in [0.1, 0.15) is 11.5 Å². The highest BCUT2D eigenvalue weighted by molar-refractivity contribution is 5.90. The molecule has 1 aromatic heterocycles. The number of amides is 1. The minimum absolute atomic E-state index is 0.203. The van der Waals surface area contributed by atoms with Gasteiger partial charge in [-0.15, -0.1) is 0 Å². The first kappa shape index (κ1) is 15.5. The molecule has 0 saturated carbocycles. The van der Waals surface area contributed by atoms with Gasteiger partial charge < -0.3 is 9.32 Å². The van der Waals surface area contributed by atoms with E-state index in [1.54, 1.807) is 0 Å². The van der Waals surface area contributed by atoms with Crippen molar-refractivity contribution in [2.24, 2.45) is 5.41 Å². The van der Waals surface area contributed by atoms with Crippen LogP contribution in [0.25, 0.3) is 0 Å². The van der Waals surface area contributed by atoms with Crippen molar-refractivity contribution in [1.29, 1.82) is 0 Å². The molecule has 0 unspecified atom stereocenters. The maximum Gasteiger partial charge on any atom is 0.231 e. The highest BCUT2D eigenvalue weighted by Crippen LogP contribution is 2.55. The highest BCUT2D eigenvalue weighted by Gasteiger charge is 2.59. The van der Waals surface area contributed by atoms with Gasteiger partial charge in [0.15, 0.2) is 0 Å². The molecule has 2 aliphatic rings. The fraction of sp³-hybridized carbons (Fsp3) is 0.450. The van der Waals surface area contributed by atoms with Crippen LogP contribution in [0.4, 0.5) is 0 Å². The van der Waals surface area contributed by atoms with Gasteiger partial charge in [0, 0.05) is 7.05 Å². The summed E-state index contributed by atoms with van der Waals surface area (Å²) in [5, 5.41) is 0. The first-order chi connectivity index (χ1) is 11.6. The molecule has 1 aromatic carbocycles. The number of hydrogen-bond acceptors (Lipinski definition) is 3. The summed E-state index contributed by atoms with van der Waals surface area (Å²) < 4.78 is 5.69. The van der Waals surface area contributed by atoms with Crippen LogP contribution in [0.3, 0.4) is 0 Å². The molecule has 2 aliphatic heterocycles. The zero-order valence-corrected chi connectivity index (χ0v) is 14.4. The molecule has 4 heteroatoms. The number of aryl methyl sites for hydroxylation is 1. The summed E-state index contributed by atoms with van der Waals surface area (Å²) >= 11 is 0. The van der Waals surface area contributed by atoms with E-state index in [0.717, 1.165) is 44.0 Å². The van der Waals surface area contributed by atoms with Gasteiger partial charge in [-0.2, -0.15) is 0 Å². The van der Waals surface area contributed by atoms with Crippen molar-refractivity contribution < 1.29 is 9.21 Å². The van der Waals surface area contributed by atoms with Crippen molar-refractivity contribution in [3.63, 3.8) is 0 Å². The van der Waals surface area contributed by atoms with Crippen LogP contribution in [0.1, 0.15) is 36.0 Å². The number of furan rings is 1. The van der Waals surface area contributed by atoms with Crippen LogP contribution >= 0.6 is 0 Å². The standard InChI is InChI=1S/C20H24N2O2/c1-15-8-9-17(24-15)14-22-12-10-20(11-13-22)18(21(2)19(20)23)16-6-4-3-5-7-16/h3-9,18H,10-14H2,1-2H3/t18-/m1/s1. The molecule has 0 N–H and O–H groups in total. The number of carbonyl (C=O) groups excluding carboxylic acids is 1. The Balaban J connectivity index is 1.47. The topological polar surface area (TPSA) is 36.7 Å². The minimum atomic E-state index is -0.203. The van der Waals surface area contributed by atoms with E-state index in [4.69, 9.17) is 4.42 Å². The Labute approximate surface area is 143 Å². The Morgan fingerprint density at radius 3 is 2.46 bits per heavy atom. The molecule has 1 amide bonds. The number of benzene rings is 1. The quantitative estimate of drug-likeness (QED) is 0.812. The third-order valence-electron chi connectivity index (χ3n) is 5.70. The molecule has 1 atom stereocenters. The average molecular weight is 324 g/mol. The molecule has 4 rings (SSSR count). The number of piperidine rings is 1. The molecule has 2 aromatic rings. The normalized spacial score (nSPS) is 23.5. The Morgan fingerprint density at radius 2 is 1.83 bits per heavy atom. The van der Waals surface area contributed by atoms with Crippen molar-refractivity contribution in [3.8, 4) is 0 Å². The Hall–Kier alpha value is -2.07. The van der Waals surface area contributed by atoms with E-state index in [2.05, 4.69) is 35.2 Å². The second-order valence-corrected chi connectivity index (χ2v) is 7.17. The van der Waals surface area contributed by atoms with Crippen molar-refractivity contribution in [2.45, 2.75) is 32.4 Å². The molecular formula is C20H24N2O2. The predicted octanol–water partition coefficient (Wildman–Crippen LogP) is 3.38. The minimum Gasteiger partial charge on any atom is -0.465 e. The van der Waals surface area contributed by atoms with E-state index in [1.165, 1.54) is 5.56 Å². The number of rotatable bonds is 3. The summed E-state index contributed by atoms with van der Waals surface area (Å²) in [4.78, 5) is 17.0. The molecule has 2 saturated heterocycles. The lowest BCUT2D eigenvalue weighted by molar-refractivity contribution is -0.177. The first-order valence-corrected chi connectivity index (χ1v) is 8.70. The van der Waals surface area contributed by atoms with Gasteiger partial charge in [-0.1, -0.05) is 30.3 Å². The van der Waals surface area contributed by atoms with Gasteiger partial charge in [0.2, 0.25) is 5.91 Å². The van der Waals surface area contributed by atoms with E-state index in [9.17, 15) is 4.79 Å². The largest absolute Gasteiger partial charge is 0.465 e. The van der Waals surface area contributed by atoms with Gasteiger partial charge in [-0.25, -0.2) is 0 Å². The smallest absolute Gasteiger partial charge is 0.231 e. The van der Waals surface area contributed by atoms with Gasteiger partial charge >= 0.3 is 0 Å². The molecule has 126 valence electrons. The summed E-state index contributed by atoms with van der Waals surface area (Å²) in [7, 11) is 1.93. The van der Waals surface area contributed by atoms with Crippen molar-refractivity contribution in [3.05, 3.63) is 59.5 Å². The third kappa shape index (κ3) is 2.37. The van der Waals surface area contributed by atoms with E-state index in [-0.39, 0.29) is 11.5 Å². The molecule has 2 fully saturated rings.